The number of carboxylic acid groups (broad SMARTS) is 1. The van der Waals surface area contributed by atoms with Crippen molar-refractivity contribution >= 4 is 11.9 Å². The molecule has 2 saturated carbocycles. The van der Waals surface area contributed by atoms with E-state index in [1.807, 2.05) is 13.8 Å². The average Bonchev–Trinajstić information content (AvgIpc) is 2.94. The topological polar surface area (TPSA) is 88.3 Å². The number of allylic oxidation sites excluding steroid dienone is 4. The van der Waals surface area contributed by atoms with Crippen molar-refractivity contribution in [3.05, 3.63) is 24.3 Å². The Labute approximate surface area is 238 Å². The molecule has 1 N–H and O–H groups in total. The summed E-state index contributed by atoms with van der Waals surface area (Å²) in [6.07, 6.45) is 27.6. The fraction of sp³-hybridized carbons (Fsp3) is 0.818. The van der Waals surface area contributed by atoms with Crippen molar-refractivity contribution in [2.45, 2.75) is 155 Å². The molecule has 4 atom stereocenters. The Morgan fingerprint density at radius 1 is 0.872 bits per heavy atom. The minimum Gasteiger partial charge on any atom is -0.481 e. The number of aliphatic carboxylic acids is 1. The Balaban J connectivity index is 1.76. The van der Waals surface area contributed by atoms with Crippen LogP contribution in [0.3, 0.4) is 0 Å². The maximum absolute atomic E-state index is 12.4. The summed E-state index contributed by atoms with van der Waals surface area (Å²) < 4.78 is 5.89. The zero-order valence-corrected chi connectivity index (χ0v) is 25.1. The molecule has 0 aromatic heterocycles. The Morgan fingerprint density at radius 2 is 1.56 bits per heavy atom. The van der Waals surface area contributed by atoms with Crippen LogP contribution in [0.4, 0.5) is 0 Å². The first-order chi connectivity index (χ1) is 18.9. The molecule has 6 nitrogen and oxygen atoms in total. The fourth-order valence-corrected chi connectivity index (χ4v) is 5.71. The van der Waals surface area contributed by atoms with Gasteiger partial charge in [-0.25, -0.2) is 0 Å². The Morgan fingerprint density at radius 3 is 2.26 bits per heavy atom. The van der Waals surface area contributed by atoms with Crippen molar-refractivity contribution in [1.29, 1.82) is 0 Å². The van der Waals surface area contributed by atoms with E-state index < -0.39 is 5.97 Å². The number of nitrogens with zero attached hydrogens (tertiary/aromatic N) is 2. The van der Waals surface area contributed by atoms with Crippen LogP contribution in [-0.2, 0) is 14.3 Å². The van der Waals surface area contributed by atoms with E-state index in [9.17, 15) is 14.7 Å². The van der Waals surface area contributed by atoms with Crippen LogP contribution in [0.25, 0.3) is 0 Å². The Bertz CT molecular complexity index is 770. The predicted octanol–water partition coefficient (Wildman–Crippen LogP) is 9.24. The molecule has 2 rings (SSSR count). The van der Waals surface area contributed by atoms with Gasteiger partial charge in [0.05, 0.1) is 23.9 Å². The largest absolute Gasteiger partial charge is 0.481 e. The number of unbranched alkanes of at least 4 members (excludes halogenated alkanes) is 6. The van der Waals surface area contributed by atoms with Crippen molar-refractivity contribution in [2.24, 2.45) is 28.0 Å². The van der Waals surface area contributed by atoms with E-state index in [2.05, 4.69) is 31.2 Å². The minimum atomic E-state index is -0.678. The van der Waals surface area contributed by atoms with Crippen molar-refractivity contribution in [3.8, 4) is 0 Å². The lowest BCUT2D eigenvalue weighted by Crippen LogP contribution is -2.34. The van der Waals surface area contributed by atoms with Gasteiger partial charge in [-0.05, 0) is 89.4 Å². The smallest absolute Gasteiger partial charge is 0.308 e. The van der Waals surface area contributed by atoms with Gasteiger partial charge in [0.25, 0.3) is 0 Å². The molecule has 0 amide bonds. The molecule has 0 radical (unpaired) electrons. The minimum absolute atomic E-state index is 0.00226. The first kappa shape index (κ1) is 33.2. The van der Waals surface area contributed by atoms with E-state index in [1.165, 1.54) is 51.4 Å². The van der Waals surface area contributed by atoms with E-state index in [0.29, 0.717) is 18.8 Å². The predicted molar refractivity (Wildman–Crippen MR) is 159 cm³/mol. The number of hydrogen-bond donors (Lipinski definition) is 1. The Kier molecular flexibility index (Phi) is 17.0. The molecular formula is C33H56N2O4. The molecule has 222 valence electrons. The lowest BCUT2D eigenvalue weighted by Gasteiger charge is -2.34. The third-order valence-electron chi connectivity index (χ3n) is 8.62. The van der Waals surface area contributed by atoms with E-state index in [-0.39, 0.29) is 36.0 Å². The maximum atomic E-state index is 12.4. The number of hydrogen-bond acceptors (Lipinski definition) is 5. The molecule has 2 fully saturated rings. The van der Waals surface area contributed by atoms with Gasteiger partial charge in [-0.1, -0.05) is 77.2 Å². The molecule has 39 heavy (non-hydrogen) atoms. The van der Waals surface area contributed by atoms with Gasteiger partial charge < -0.3 is 9.84 Å². The zero-order chi connectivity index (χ0) is 28.3. The van der Waals surface area contributed by atoms with Gasteiger partial charge in [-0.2, -0.15) is 10.2 Å². The van der Waals surface area contributed by atoms with Crippen molar-refractivity contribution in [3.63, 3.8) is 0 Å². The number of esters is 1. The molecule has 4 unspecified atom stereocenters. The van der Waals surface area contributed by atoms with Crippen LogP contribution in [0.5, 0.6) is 0 Å². The monoisotopic (exact) mass is 544 g/mol. The zero-order valence-electron chi connectivity index (χ0n) is 25.1. The summed E-state index contributed by atoms with van der Waals surface area (Å²) in [5.41, 5.74) is 0. The van der Waals surface area contributed by atoms with E-state index in [1.54, 1.807) is 0 Å². The first-order valence-electron chi connectivity index (χ1n) is 16.1. The molecule has 0 bridgehead atoms. The van der Waals surface area contributed by atoms with Crippen molar-refractivity contribution in [2.75, 3.05) is 0 Å². The highest BCUT2D eigenvalue weighted by Gasteiger charge is 2.33. The lowest BCUT2D eigenvalue weighted by atomic mass is 9.80. The van der Waals surface area contributed by atoms with Gasteiger partial charge in [0.1, 0.15) is 6.10 Å². The van der Waals surface area contributed by atoms with E-state index in [4.69, 9.17) is 15.0 Å². The molecule has 0 aliphatic heterocycles. The average molecular weight is 545 g/mol. The molecule has 0 spiro atoms. The second-order valence-corrected chi connectivity index (χ2v) is 11.9. The molecular weight excluding hydrogens is 488 g/mol. The Hall–Kier alpha value is -1.98. The highest BCUT2D eigenvalue weighted by molar-refractivity contribution is 5.72. The van der Waals surface area contributed by atoms with Crippen molar-refractivity contribution < 1.29 is 19.4 Å². The number of azo groups is 1. The molecule has 2 aliphatic rings. The molecule has 0 aromatic rings. The van der Waals surface area contributed by atoms with Gasteiger partial charge in [0, 0.05) is 0 Å². The van der Waals surface area contributed by atoms with Crippen LogP contribution >= 0.6 is 0 Å². The highest BCUT2D eigenvalue weighted by Crippen LogP contribution is 2.35. The third kappa shape index (κ3) is 13.8. The lowest BCUT2D eigenvalue weighted by molar-refractivity contribution is -0.156. The summed E-state index contributed by atoms with van der Waals surface area (Å²) >= 11 is 0. The van der Waals surface area contributed by atoms with Crippen LogP contribution < -0.4 is 0 Å². The maximum Gasteiger partial charge on any atom is 0.308 e. The van der Waals surface area contributed by atoms with E-state index in [0.717, 1.165) is 51.4 Å². The second-order valence-electron chi connectivity index (χ2n) is 11.9. The summed E-state index contributed by atoms with van der Waals surface area (Å²) in [5, 5.41) is 18.8. The summed E-state index contributed by atoms with van der Waals surface area (Å²) in [6, 6.07) is 0.348. The first-order valence-corrected chi connectivity index (χ1v) is 16.1. The van der Waals surface area contributed by atoms with Crippen LogP contribution in [0.1, 0.15) is 136 Å². The van der Waals surface area contributed by atoms with E-state index >= 15 is 0 Å². The summed E-state index contributed by atoms with van der Waals surface area (Å²) in [5.74, 6) is -0.612. The van der Waals surface area contributed by atoms with Crippen molar-refractivity contribution in [1.82, 2.24) is 0 Å². The number of ether oxygens (including phenoxy) is 1. The highest BCUT2D eigenvalue weighted by atomic mass is 16.5. The van der Waals surface area contributed by atoms with Gasteiger partial charge in [0.15, 0.2) is 0 Å². The quantitative estimate of drug-likeness (QED) is 0.0806. The van der Waals surface area contributed by atoms with Gasteiger partial charge in [0.2, 0.25) is 0 Å². The summed E-state index contributed by atoms with van der Waals surface area (Å²) in [7, 11) is 0. The molecule has 0 aromatic carbocycles. The molecule has 0 saturated heterocycles. The summed E-state index contributed by atoms with van der Waals surface area (Å²) in [6.45, 7) is 6.18. The number of carboxylic acids is 1. The van der Waals surface area contributed by atoms with Gasteiger partial charge >= 0.3 is 11.9 Å². The SMILES string of the molecule is CCC/C=C\C/C=C\CCCCCCCC1CC(OC(=O)C(C)CC)CCC1N=NC1CCC(C(=O)O)CC1. The van der Waals surface area contributed by atoms with Gasteiger partial charge in [-0.3, -0.25) is 9.59 Å². The van der Waals surface area contributed by atoms with Crippen LogP contribution in [-0.4, -0.2) is 35.2 Å². The van der Waals surface area contributed by atoms with Crippen LogP contribution in [0.15, 0.2) is 34.5 Å². The standard InChI is InChI=1S/C33H56N2O4/c1-4-6-7-8-9-10-11-12-13-14-15-16-17-18-28-25-30(39-33(38)26(3)5-2)23-24-31(28)35-34-29-21-19-27(20-22-29)32(36)37/h7-8,10-11,26-31H,4-6,9,12-25H2,1-3H3,(H,36,37)/b8-7-,11-10-,35-34?. The molecule has 0 heterocycles. The van der Waals surface area contributed by atoms with Crippen LogP contribution in [0.2, 0.25) is 0 Å². The number of rotatable bonds is 18. The fourth-order valence-electron chi connectivity index (χ4n) is 5.71. The second kappa shape index (κ2) is 20.0. The third-order valence-corrected chi connectivity index (χ3v) is 8.62. The molecule has 6 heteroatoms. The number of carbonyl (C=O) groups excluding carboxylic acids is 1. The van der Waals surface area contributed by atoms with Crippen LogP contribution in [0, 0.1) is 17.8 Å². The van der Waals surface area contributed by atoms with Gasteiger partial charge in [-0.15, -0.1) is 0 Å². The number of carbonyl (C=O) groups is 2. The normalized spacial score (nSPS) is 26.9. The summed E-state index contributed by atoms with van der Waals surface area (Å²) in [4.78, 5) is 23.7. The molecule has 2 aliphatic carbocycles.